The molecule has 0 radical (unpaired) electrons. The second kappa shape index (κ2) is 7.29. The Kier molecular flexibility index (Phi) is 5.12. The molecule has 1 aliphatic rings. The van der Waals surface area contributed by atoms with E-state index in [-0.39, 0.29) is 5.92 Å². The number of amides is 1. The number of carbonyl (C=O) groups is 1. The van der Waals surface area contributed by atoms with Gasteiger partial charge in [-0.2, -0.15) is 0 Å². The molecule has 2 aromatic rings. The third-order valence-corrected chi connectivity index (χ3v) is 5.00. The van der Waals surface area contributed by atoms with Gasteiger partial charge in [-0.3, -0.25) is 0 Å². The molecule has 1 amide bonds. The Labute approximate surface area is 150 Å². The molecule has 2 aromatic carbocycles. The van der Waals surface area contributed by atoms with E-state index in [1.54, 1.807) is 0 Å². The molecule has 3 rings (SSSR count). The van der Waals surface area contributed by atoms with Gasteiger partial charge < -0.3 is 10.4 Å². The molecule has 0 fully saturated rings. The molecular weight excluding hydrogens is 345 g/mol. The average Bonchev–Trinajstić information content (AvgIpc) is 2.56. The Balaban J connectivity index is 1.90. The van der Waals surface area contributed by atoms with Gasteiger partial charge in [0.25, 0.3) is 0 Å². The van der Waals surface area contributed by atoms with Gasteiger partial charge in [0.1, 0.15) is 0 Å². The molecule has 0 saturated carbocycles. The van der Waals surface area contributed by atoms with Crippen molar-refractivity contribution >= 4 is 35.4 Å². The van der Waals surface area contributed by atoms with Crippen LogP contribution < -0.4 is 5.32 Å². The molecule has 0 aromatic heterocycles. The minimum absolute atomic E-state index is 0.195. The quantitative estimate of drug-likeness (QED) is 0.747. The van der Waals surface area contributed by atoms with Crippen LogP contribution in [-0.4, -0.2) is 17.7 Å². The predicted molar refractivity (Wildman–Crippen MR) is 98.0 cm³/mol. The van der Waals surface area contributed by atoms with Gasteiger partial charge in [-0.05, 0) is 41.7 Å². The van der Waals surface area contributed by atoms with Gasteiger partial charge in [-0.1, -0.05) is 65.2 Å². The van der Waals surface area contributed by atoms with Gasteiger partial charge >= 0.3 is 6.09 Å². The third-order valence-electron chi connectivity index (χ3n) is 4.27. The monoisotopic (exact) mass is 361 g/mol. The van der Waals surface area contributed by atoms with Crippen molar-refractivity contribution in [3.05, 3.63) is 74.8 Å². The first-order valence-corrected chi connectivity index (χ1v) is 8.50. The number of nitrogens with one attached hydrogen (secondary N) is 1. The van der Waals surface area contributed by atoms with Crippen molar-refractivity contribution in [1.29, 1.82) is 0 Å². The highest BCUT2D eigenvalue weighted by atomic mass is 35.5. The largest absolute Gasteiger partial charge is 0.465 e. The minimum Gasteiger partial charge on any atom is -0.465 e. The predicted octanol–water partition coefficient (Wildman–Crippen LogP) is 5.57. The summed E-state index contributed by atoms with van der Waals surface area (Å²) in [6.07, 6.45) is 2.70. The van der Waals surface area contributed by atoms with Crippen molar-refractivity contribution in [2.75, 3.05) is 6.54 Å². The molecule has 3 nitrogen and oxygen atoms in total. The molecule has 5 heteroatoms. The zero-order chi connectivity index (χ0) is 17.1. The number of halogens is 2. The van der Waals surface area contributed by atoms with Crippen LogP contribution >= 0.6 is 23.2 Å². The van der Waals surface area contributed by atoms with Crippen LogP contribution in [0.3, 0.4) is 0 Å². The number of hydrogen-bond donors (Lipinski definition) is 2. The van der Waals surface area contributed by atoms with Crippen LogP contribution in [0, 0.1) is 0 Å². The summed E-state index contributed by atoms with van der Waals surface area (Å²) in [5.74, 6) is 0.195. The van der Waals surface area contributed by atoms with Gasteiger partial charge in [0.05, 0.1) is 10.0 Å². The van der Waals surface area contributed by atoms with Crippen molar-refractivity contribution in [3.8, 4) is 0 Å². The molecular formula is C19H17Cl2NO2. The molecule has 0 spiro atoms. The number of carboxylic acid groups (broad SMARTS) is 1. The summed E-state index contributed by atoms with van der Waals surface area (Å²) in [4.78, 5) is 10.6. The summed E-state index contributed by atoms with van der Waals surface area (Å²) in [5, 5.41) is 12.3. The Bertz CT molecular complexity index is 802. The van der Waals surface area contributed by atoms with Crippen molar-refractivity contribution < 1.29 is 9.90 Å². The summed E-state index contributed by atoms with van der Waals surface area (Å²) in [6, 6.07) is 14.0. The standard InChI is InChI=1S/C19H17Cl2NO2/c20-17-6-5-14(11-18(17)21)16-10-12(7-8-22-19(23)24)9-13-3-1-2-4-15(13)16/h1-6,9,11,16,22H,7-8,10H2,(H,23,24)/t16-/m0/s1. The van der Waals surface area contributed by atoms with Gasteiger partial charge in [-0.25, -0.2) is 4.79 Å². The van der Waals surface area contributed by atoms with Gasteiger partial charge in [0.15, 0.2) is 0 Å². The maximum Gasteiger partial charge on any atom is 0.404 e. The lowest BCUT2D eigenvalue weighted by atomic mass is 9.78. The van der Waals surface area contributed by atoms with Gasteiger partial charge in [0, 0.05) is 12.5 Å². The zero-order valence-electron chi connectivity index (χ0n) is 12.9. The first-order valence-electron chi connectivity index (χ1n) is 7.74. The summed E-state index contributed by atoms with van der Waals surface area (Å²) in [5.41, 5.74) is 4.77. The fourth-order valence-electron chi connectivity index (χ4n) is 3.14. The first-order chi connectivity index (χ1) is 11.5. The van der Waals surface area contributed by atoms with Crippen LogP contribution in [-0.2, 0) is 0 Å². The van der Waals surface area contributed by atoms with Crippen LogP contribution in [0.1, 0.15) is 35.4 Å². The van der Waals surface area contributed by atoms with E-state index in [0.717, 1.165) is 12.0 Å². The van der Waals surface area contributed by atoms with E-state index < -0.39 is 6.09 Å². The molecule has 1 aliphatic carbocycles. The van der Waals surface area contributed by atoms with Crippen molar-refractivity contribution in [2.24, 2.45) is 0 Å². The zero-order valence-corrected chi connectivity index (χ0v) is 14.4. The molecule has 0 saturated heterocycles. The average molecular weight is 362 g/mol. The lowest BCUT2D eigenvalue weighted by Gasteiger charge is -2.26. The Hall–Kier alpha value is -1.97. The van der Waals surface area contributed by atoms with E-state index in [1.807, 2.05) is 30.3 Å². The smallest absolute Gasteiger partial charge is 0.404 e. The van der Waals surface area contributed by atoms with Crippen molar-refractivity contribution in [2.45, 2.75) is 18.8 Å². The molecule has 0 bridgehead atoms. The molecule has 1 atom stereocenters. The third kappa shape index (κ3) is 3.74. The molecule has 124 valence electrons. The lowest BCUT2D eigenvalue weighted by Crippen LogP contribution is -2.22. The molecule has 0 heterocycles. The topological polar surface area (TPSA) is 49.3 Å². The van der Waals surface area contributed by atoms with E-state index in [0.29, 0.717) is 23.0 Å². The van der Waals surface area contributed by atoms with Crippen LogP contribution in [0.4, 0.5) is 4.79 Å². The number of fused-ring (bicyclic) bond motifs is 1. The molecule has 24 heavy (non-hydrogen) atoms. The summed E-state index contributed by atoms with van der Waals surface area (Å²) in [7, 11) is 0. The van der Waals surface area contributed by atoms with Crippen molar-refractivity contribution in [3.63, 3.8) is 0 Å². The van der Waals surface area contributed by atoms with E-state index in [4.69, 9.17) is 28.3 Å². The highest BCUT2D eigenvalue weighted by molar-refractivity contribution is 6.42. The summed E-state index contributed by atoms with van der Waals surface area (Å²) < 4.78 is 0. The van der Waals surface area contributed by atoms with Gasteiger partial charge in [-0.15, -0.1) is 0 Å². The van der Waals surface area contributed by atoms with Crippen LogP contribution in [0.2, 0.25) is 10.0 Å². The highest BCUT2D eigenvalue weighted by Gasteiger charge is 2.23. The fourth-order valence-corrected chi connectivity index (χ4v) is 3.45. The molecule has 0 aliphatic heterocycles. The maximum absolute atomic E-state index is 10.6. The maximum atomic E-state index is 10.6. The molecule has 2 N–H and O–H groups in total. The Morgan fingerprint density at radius 3 is 2.71 bits per heavy atom. The Morgan fingerprint density at radius 1 is 1.17 bits per heavy atom. The van der Waals surface area contributed by atoms with E-state index in [1.165, 1.54) is 16.7 Å². The second-order valence-corrected chi connectivity index (χ2v) is 6.66. The highest BCUT2D eigenvalue weighted by Crippen LogP contribution is 2.40. The number of rotatable bonds is 4. The van der Waals surface area contributed by atoms with Crippen LogP contribution in [0.5, 0.6) is 0 Å². The second-order valence-electron chi connectivity index (χ2n) is 5.84. The Morgan fingerprint density at radius 2 is 1.96 bits per heavy atom. The first kappa shape index (κ1) is 16.9. The number of hydrogen-bond acceptors (Lipinski definition) is 1. The van der Waals surface area contributed by atoms with Crippen LogP contribution in [0.15, 0.2) is 48.0 Å². The molecule has 0 unspecified atom stereocenters. The van der Waals surface area contributed by atoms with E-state index in [9.17, 15) is 4.79 Å². The van der Waals surface area contributed by atoms with E-state index in [2.05, 4.69) is 23.5 Å². The minimum atomic E-state index is -0.993. The van der Waals surface area contributed by atoms with Crippen LogP contribution in [0.25, 0.3) is 6.08 Å². The lowest BCUT2D eigenvalue weighted by molar-refractivity contribution is 0.194. The summed E-state index contributed by atoms with van der Waals surface area (Å²) >= 11 is 12.2. The van der Waals surface area contributed by atoms with E-state index >= 15 is 0 Å². The normalized spacial score (nSPS) is 16.2. The SMILES string of the molecule is O=C(O)NCCC1=Cc2ccccc2[C@H](c2ccc(Cl)c(Cl)c2)C1. The van der Waals surface area contributed by atoms with Gasteiger partial charge in [0.2, 0.25) is 0 Å². The number of benzene rings is 2. The van der Waals surface area contributed by atoms with Crippen molar-refractivity contribution in [1.82, 2.24) is 5.32 Å². The fraction of sp³-hybridized carbons (Fsp3) is 0.211. The summed E-state index contributed by atoms with van der Waals surface area (Å²) in [6.45, 7) is 0.414.